The van der Waals surface area contributed by atoms with Crippen LogP contribution in [0.25, 0.3) is 0 Å². The molecule has 1 spiro atoms. The summed E-state index contributed by atoms with van der Waals surface area (Å²) in [6.07, 6.45) is 6.08. The third-order valence-electron chi connectivity index (χ3n) is 5.67. The second kappa shape index (κ2) is 5.63. The Kier molecular flexibility index (Phi) is 3.69. The van der Waals surface area contributed by atoms with Crippen LogP contribution < -0.4 is 4.90 Å². The summed E-state index contributed by atoms with van der Waals surface area (Å²) >= 11 is 0. The monoisotopic (exact) mass is 336 g/mol. The van der Waals surface area contributed by atoms with Crippen molar-refractivity contribution in [3.63, 3.8) is 0 Å². The Morgan fingerprint density at radius 1 is 1.17 bits per heavy atom. The molecule has 3 fully saturated rings. The van der Waals surface area contributed by atoms with E-state index in [9.17, 15) is 13.6 Å². The summed E-state index contributed by atoms with van der Waals surface area (Å²) in [6, 6.07) is 1.71. The summed E-state index contributed by atoms with van der Waals surface area (Å²) in [5.74, 6) is -1.74. The predicted octanol–water partition coefficient (Wildman–Crippen LogP) is 2.34. The van der Waals surface area contributed by atoms with Gasteiger partial charge in [-0.15, -0.1) is 0 Å². The predicted molar refractivity (Wildman–Crippen MR) is 84.8 cm³/mol. The van der Waals surface area contributed by atoms with Crippen molar-refractivity contribution in [2.75, 3.05) is 31.1 Å². The zero-order chi connectivity index (χ0) is 16.8. The molecule has 130 valence electrons. The van der Waals surface area contributed by atoms with Crippen LogP contribution in [0.15, 0.2) is 18.5 Å². The fourth-order valence-corrected chi connectivity index (χ4v) is 3.94. The molecular formula is C17H22F2N4O. The lowest BCUT2D eigenvalue weighted by Crippen LogP contribution is -2.58. The maximum atomic E-state index is 14.8. The second-order valence-corrected chi connectivity index (χ2v) is 7.42. The van der Waals surface area contributed by atoms with E-state index in [0.29, 0.717) is 31.3 Å². The van der Waals surface area contributed by atoms with Crippen LogP contribution in [0.3, 0.4) is 0 Å². The average Bonchev–Trinajstić information content (AvgIpc) is 3.28. The molecule has 0 aromatic carbocycles. The normalized spacial score (nSPS) is 29.2. The summed E-state index contributed by atoms with van der Waals surface area (Å²) in [5.41, 5.74) is -1.18. The molecule has 7 heteroatoms. The molecular weight excluding hydrogens is 314 g/mol. The standard InChI is InChI=1S/C17H22F2N4O/c18-17(19)5-9-22(14(24)10-13-2-3-13)11-16(17)4-8-23(12-16)15-20-6-1-7-21-15/h1,6-7,13H,2-5,8-12H2/t16-/m0/s1. The summed E-state index contributed by atoms with van der Waals surface area (Å²) in [4.78, 5) is 24.2. The van der Waals surface area contributed by atoms with Gasteiger partial charge in [-0.3, -0.25) is 4.79 Å². The third kappa shape index (κ3) is 2.74. The van der Waals surface area contributed by atoms with Gasteiger partial charge in [-0.1, -0.05) is 0 Å². The molecule has 0 bridgehead atoms. The van der Waals surface area contributed by atoms with E-state index >= 15 is 0 Å². The van der Waals surface area contributed by atoms with Crippen LogP contribution in [0, 0.1) is 11.3 Å². The highest BCUT2D eigenvalue weighted by Crippen LogP contribution is 2.50. The lowest BCUT2D eigenvalue weighted by Gasteiger charge is -2.45. The van der Waals surface area contributed by atoms with Crippen LogP contribution in [0.2, 0.25) is 0 Å². The zero-order valence-electron chi connectivity index (χ0n) is 13.6. The number of halogens is 2. The number of amides is 1. The van der Waals surface area contributed by atoms with Gasteiger partial charge in [0.1, 0.15) is 0 Å². The number of piperidine rings is 1. The molecule has 1 amide bonds. The first-order chi connectivity index (χ1) is 11.5. The number of hydrogen-bond acceptors (Lipinski definition) is 4. The summed E-state index contributed by atoms with van der Waals surface area (Å²) in [6.45, 7) is 1.03. The van der Waals surface area contributed by atoms with E-state index in [1.54, 1.807) is 23.4 Å². The fraction of sp³-hybridized carbons (Fsp3) is 0.706. The number of nitrogens with zero attached hydrogens (tertiary/aromatic N) is 4. The maximum Gasteiger partial charge on any atom is 0.258 e. The van der Waals surface area contributed by atoms with Crippen LogP contribution in [-0.4, -0.2) is 52.9 Å². The Hall–Kier alpha value is -1.79. The number of likely N-dealkylation sites (tertiary alicyclic amines) is 1. The Labute approximate surface area is 140 Å². The number of hydrogen-bond donors (Lipinski definition) is 0. The van der Waals surface area contributed by atoms with Crippen molar-refractivity contribution in [1.82, 2.24) is 14.9 Å². The van der Waals surface area contributed by atoms with E-state index in [-0.39, 0.29) is 32.0 Å². The summed E-state index contributed by atoms with van der Waals surface area (Å²) < 4.78 is 29.5. The number of rotatable bonds is 3. The SMILES string of the molecule is O=C(CC1CC1)N1CCC(F)(F)[C@@]2(CCN(c3ncccn3)C2)C1. The van der Waals surface area contributed by atoms with E-state index in [2.05, 4.69) is 9.97 Å². The van der Waals surface area contributed by atoms with Crippen molar-refractivity contribution < 1.29 is 13.6 Å². The lowest BCUT2D eigenvalue weighted by atomic mass is 9.75. The molecule has 1 saturated carbocycles. The van der Waals surface area contributed by atoms with E-state index in [0.717, 1.165) is 12.8 Å². The van der Waals surface area contributed by atoms with Gasteiger partial charge in [0.15, 0.2) is 0 Å². The molecule has 2 aliphatic heterocycles. The van der Waals surface area contributed by atoms with Gasteiger partial charge < -0.3 is 9.80 Å². The van der Waals surface area contributed by atoms with Crippen LogP contribution in [0.1, 0.15) is 32.1 Å². The molecule has 5 nitrogen and oxygen atoms in total. The molecule has 1 atom stereocenters. The molecule has 1 aromatic heterocycles. The van der Waals surface area contributed by atoms with Crippen molar-refractivity contribution in [3.05, 3.63) is 18.5 Å². The molecule has 0 unspecified atom stereocenters. The topological polar surface area (TPSA) is 49.3 Å². The molecule has 1 aliphatic carbocycles. The highest BCUT2D eigenvalue weighted by Gasteiger charge is 2.60. The number of aromatic nitrogens is 2. The van der Waals surface area contributed by atoms with Crippen molar-refractivity contribution in [3.8, 4) is 0 Å². The molecule has 24 heavy (non-hydrogen) atoms. The van der Waals surface area contributed by atoms with Crippen molar-refractivity contribution in [2.24, 2.45) is 11.3 Å². The molecule has 0 radical (unpaired) electrons. The zero-order valence-corrected chi connectivity index (χ0v) is 13.6. The van der Waals surface area contributed by atoms with Crippen molar-refractivity contribution in [2.45, 2.75) is 38.0 Å². The second-order valence-electron chi connectivity index (χ2n) is 7.42. The summed E-state index contributed by atoms with van der Waals surface area (Å²) in [5, 5.41) is 0. The van der Waals surface area contributed by atoms with Gasteiger partial charge in [0.2, 0.25) is 11.9 Å². The minimum atomic E-state index is -2.76. The first kappa shape index (κ1) is 15.7. The highest BCUT2D eigenvalue weighted by atomic mass is 19.3. The van der Waals surface area contributed by atoms with Gasteiger partial charge in [0.05, 0.1) is 5.41 Å². The van der Waals surface area contributed by atoms with E-state index in [1.165, 1.54) is 0 Å². The Morgan fingerprint density at radius 3 is 2.62 bits per heavy atom. The van der Waals surface area contributed by atoms with Crippen LogP contribution in [0.5, 0.6) is 0 Å². The van der Waals surface area contributed by atoms with Crippen molar-refractivity contribution >= 4 is 11.9 Å². The number of carbonyl (C=O) groups is 1. The van der Waals surface area contributed by atoms with Gasteiger partial charge >= 0.3 is 0 Å². The molecule has 3 aliphatic rings. The smallest absolute Gasteiger partial charge is 0.258 e. The van der Waals surface area contributed by atoms with E-state index in [1.807, 2.05) is 4.90 Å². The molecule has 3 heterocycles. The van der Waals surface area contributed by atoms with Gasteiger partial charge in [-0.2, -0.15) is 0 Å². The van der Waals surface area contributed by atoms with Crippen LogP contribution >= 0.6 is 0 Å². The van der Waals surface area contributed by atoms with Gasteiger partial charge in [-0.25, -0.2) is 18.7 Å². The average molecular weight is 336 g/mol. The van der Waals surface area contributed by atoms with E-state index < -0.39 is 11.3 Å². The third-order valence-corrected chi connectivity index (χ3v) is 5.67. The quantitative estimate of drug-likeness (QED) is 0.850. The van der Waals surface area contributed by atoms with Crippen molar-refractivity contribution in [1.29, 1.82) is 0 Å². The van der Waals surface area contributed by atoms with Crippen LogP contribution in [-0.2, 0) is 4.79 Å². The Balaban J connectivity index is 1.51. The fourth-order valence-electron chi connectivity index (χ4n) is 3.94. The largest absolute Gasteiger partial charge is 0.342 e. The first-order valence-electron chi connectivity index (χ1n) is 8.67. The highest BCUT2D eigenvalue weighted by molar-refractivity contribution is 5.77. The molecule has 4 rings (SSSR count). The molecule has 2 saturated heterocycles. The number of carbonyl (C=O) groups excluding carboxylic acids is 1. The first-order valence-corrected chi connectivity index (χ1v) is 8.67. The molecule has 1 aromatic rings. The van der Waals surface area contributed by atoms with Gasteiger partial charge in [-0.05, 0) is 31.2 Å². The Morgan fingerprint density at radius 2 is 1.92 bits per heavy atom. The minimum Gasteiger partial charge on any atom is -0.342 e. The summed E-state index contributed by atoms with van der Waals surface area (Å²) in [7, 11) is 0. The maximum absolute atomic E-state index is 14.8. The van der Waals surface area contributed by atoms with E-state index in [4.69, 9.17) is 0 Å². The minimum absolute atomic E-state index is 0.0433. The molecule has 0 N–H and O–H groups in total. The van der Waals surface area contributed by atoms with Gasteiger partial charge in [0, 0.05) is 51.4 Å². The number of alkyl halides is 2. The number of anilines is 1. The van der Waals surface area contributed by atoms with Crippen LogP contribution in [0.4, 0.5) is 14.7 Å². The van der Waals surface area contributed by atoms with Gasteiger partial charge in [0.25, 0.3) is 5.92 Å². The lowest BCUT2D eigenvalue weighted by molar-refractivity contribution is -0.169. The Bertz CT molecular complexity index is 622.